The normalized spacial score (nSPS) is 23.8. The minimum atomic E-state index is -1.19. The molecule has 2 heterocycles. The minimum absolute atomic E-state index is 0.214. The fourth-order valence-electron chi connectivity index (χ4n) is 1.73. The molecule has 1 unspecified atom stereocenters. The van der Waals surface area contributed by atoms with E-state index >= 15 is 0 Å². The second-order valence-electron chi connectivity index (χ2n) is 3.65. The highest BCUT2D eigenvalue weighted by molar-refractivity contribution is 5.78. The molecule has 1 aliphatic heterocycles. The van der Waals surface area contributed by atoms with Crippen molar-refractivity contribution in [2.75, 3.05) is 7.05 Å². The molecule has 17 heavy (non-hydrogen) atoms. The minimum Gasteiger partial charge on any atom is -0.372 e. The van der Waals surface area contributed by atoms with E-state index in [1.165, 1.54) is 0 Å². The van der Waals surface area contributed by atoms with Crippen molar-refractivity contribution in [1.82, 2.24) is 20.4 Å². The molecule has 2 rings (SSSR count). The number of hydrogen-bond donors (Lipinski definition) is 3. The molecule has 92 valence electrons. The van der Waals surface area contributed by atoms with Crippen molar-refractivity contribution in [3.8, 4) is 0 Å². The van der Waals surface area contributed by atoms with Crippen molar-refractivity contribution in [2.45, 2.75) is 19.3 Å². The maximum atomic E-state index is 13.3. The quantitative estimate of drug-likeness (QED) is 0.692. The molecule has 4 N–H and O–H groups in total. The van der Waals surface area contributed by atoms with Crippen molar-refractivity contribution >= 4 is 6.21 Å². The van der Waals surface area contributed by atoms with Crippen LogP contribution in [0.2, 0.25) is 0 Å². The number of aromatic nitrogens is 2. The van der Waals surface area contributed by atoms with E-state index < -0.39 is 11.6 Å². The van der Waals surface area contributed by atoms with Crippen LogP contribution in [0.4, 0.5) is 4.39 Å². The molecule has 6 nitrogen and oxygen atoms in total. The summed E-state index contributed by atoms with van der Waals surface area (Å²) < 4.78 is 15.1. The van der Waals surface area contributed by atoms with E-state index in [0.29, 0.717) is 12.2 Å². The fourth-order valence-corrected chi connectivity index (χ4v) is 1.73. The number of nitrogens with one attached hydrogen (secondary N) is 2. The first kappa shape index (κ1) is 11.6. The summed E-state index contributed by atoms with van der Waals surface area (Å²) in [5.74, 6) is -1.46. The van der Waals surface area contributed by atoms with Gasteiger partial charge in [-0.15, -0.1) is 0 Å². The SMILES string of the molecule is CCn1nccc1C1(N)N=CC(F)=C(NC)N1. The fraction of sp³-hybridized carbons (Fsp3) is 0.400. The molecule has 1 aromatic heterocycles. The van der Waals surface area contributed by atoms with Crippen LogP contribution >= 0.6 is 0 Å². The van der Waals surface area contributed by atoms with Gasteiger partial charge in [-0.25, -0.2) is 9.38 Å². The Morgan fingerprint density at radius 1 is 1.65 bits per heavy atom. The molecule has 0 aliphatic carbocycles. The molecule has 0 radical (unpaired) electrons. The molecule has 0 saturated carbocycles. The molecular formula is C10H15FN6. The van der Waals surface area contributed by atoms with Crippen LogP contribution in [0.15, 0.2) is 28.9 Å². The zero-order chi connectivity index (χ0) is 12.5. The average Bonchev–Trinajstić information content (AvgIpc) is 2.81. The Balaban J connectivity index is 2.37. The van der Waals surface area contributed by atoms with Gasteiger partial charge < -0.3 is 10.6 Å². The number of allylic oxidation sites excluding steroid dienone is 1. The maximum Gasteiger partial charge on any atom is 0.227 e. The molecule has 1 aromatic rings. The smallest absolute Gasteiger partial charge is 0.227 e. The van der Waals surface area contributed by atoms with Crippen LogP contribution in [-0.2, 0) is 12.3 Å². The zero-order valence-electron chi connectivity index (χ0n) is 9.74. The van der Waals surface area contributed by atoms with Gasteiger partial charge in [-0.2, -0.15) is 5.10 Å². The lowest BCUT2D eigenvalue weighted by molar-refractivity contribution is 0.342. The van der Waals surface area contributed by atoms with Gasteiger partial charge >= 0.3 is 0 Å². The van der Waals surface area contributed by atoms with Gasteiger partial charge in [-0.05, 0) is 13.0 Å². The van der Waals surface area contributed by atoms with E-state index in [9.17, 15) is 4.39 Å². The largest absolute Gasteiger partial charge is 0.372 e. The monoisotopic (exact) mass is 238 g/mol. The topological polar surface area (TPSA) is 80.3 Å². The molecule has 0 bridgehead atoms. The van der Waals surface area contributed by atoms with Crippen LogP contribution in [-0.4, -0.2) is 23.0 Å². The van der Waals surface area contributed by atoms with E-state index in [4.69, 9.17) is 5.73 Å². The second-order valence-corrected chi connectivity index (χ2v) is 3.65. The highest BCUT2D eigenvalue weighted by atomic mass is 19.1. The van der Waals surface area contributed by atoms with Gasteiger partial charge in [-0.3, -0.25) is 10.4 Å². The summed E-state index contributed by atoms with van der Waals surface area (Å²) in [4.78, 5) is 4.00. The van der Waals surface area contributed by atoms with Gasteiger partial charge in [-0.1, -0.05) is 0 Å². The Morgan fingerprint density at radius 2 is 2.41 bits per heavy atom. The predicted molar refractivity (Wildman–Crippen MR) is 62.6 cm³/mol. The summed E-state index contributed by atoms with van der Waals surface area (Å²) in [6.45, 7) is 2.61. The van der Waals surface area contributed by atoms with Crippen LogP contribution < -0.4 is 16.4 Å². The molecule has 0 aromatic carbocycles. The Labute approximate surface area is 98.4 Å². The highest BCUT2D eigenvalue weighted by Crippen LogP contribution is 2.21. The molecule has 0 spiro atoms. The third-order valence-electron chi connectivity index (χ3n) is 2.59. The molecule has 0 saturated heterocycles. The number of nitrogens with zero attached hydrogens (tertiary/aromatic N) is 3. The third kappa shape index (κ3) is 1.89. The van der Waals surface area contributed by atoms with Crippen molar-refractivity contribution in [3.05, 3.63) is 29.6 Å². The predicted octanol–water partition coefficient (Wildman–Crippen LogP) is 0.00400. The van der Waals surface area contributed by atoms with E-state index in [0.717, 1.165) is 6.21 Å². The van der Waals surface area contributed by atoms with Crippen molar-refractivity contribution < 1.29 is 4.39 Å². The number of halogens is 1. The molecule has 0 fully saturated rings. The highest BCUT2D eigenvalue weighted by Gasteiger charge is 2.33. The van der Waals surface area contributed by atoms with E-state index in [2.05, 4.69) is 20.7 Å². The Bertz CT molecular complexity index is 477. The number of hydrogen-bond acceptors (Lipinski definition) is 5. The average molecular weight is 238 g/mol. The molecular weight excluding hydrogens is 223 g/mol. The van der Waals surface area contributed by atoms with E-state index in [1.807, 2.05) is 6.92 Å². The number of aryl methyl sites for hydroxylation is 1. The maximum absolute atomic E-state index is 13.3. The van der Waals surface area contributed by atoms with Crippen LogP contribution in [0, 0.1) is 0 Å². The van der Waals surface area contributed by atoms with E-state index in [1.54, 1.807) is 24.0 Å². The van der Waals surface area contributed by atoms with Crippen LogP contribution in [0.1, 0.15) is 12.6 Å². The number of nitrogens with two attached hydrogens (primary N) is 1. The van der Waals surface area contributed by atoms with Gasteiger partial charge in [0, 0.05) is 19.8 Å². The second kappa shape index (κ2) is 4.17. The zero-order valence-corrected chi connectivity index (χ0v) is 9.74. The summed E-state index contributed by atoms with van der Waals surface area (Å²) in [5.41, 5.74) is 6.80. The van der Waals surface area contributed by atoms with Gasteiger partial charge in [0.05, 0.1) is 6.21 Å². The Hall–Kier alpha value is -1.89. The molecule has 1 atom stereocenters. The van der Waals surface area contributed by atoms with Crippen LogP contribution in [0.3, 0.4) is 0 Å². The first-order chi connectivity index (χ1) is 8.10. The summed E-state index contributed by atoms with van der Waals surface area (Å²) in [6.07, 6.45) is 2.74. The summed E-state index contributed by atoms with van der Waals surface area (Å²) in [5, 5.41) is 9.64. The summed E-state index contributed by atoms with van der Waals surface area (Å²) >= 11 is 0. The standard InChI is InChI=1S/C10H15FN6/c1-3-17-8(4-5-15-17)10(12)14-6-7(11)9(13-2)16-10/h4-6,13,16H,3,12H2,1-2H3. The first-order valence-electron chi connectivity index (χ1n) is 5.33. The van der Waals surface area contributed by atoms with Crippen LogP contribution in [0.5, 0.6) is 0 Å². The molecule has 7 heteroatoms. The van der Waals surface area contributed by atoms with Crippen LogP contribution in [0.25, 0.3) is 0 Å². The van der Waals surface area contributed by atoms with Crippen molar-refractivity contribution in [2.24, 2.45) is 10.7 Å². The molecule has 1 aliphatic rings. The lowest BCUT2D eigenvalue weighted by atomic mass is 10.2. The van der Waals surface area contributed by atoms with Gasteiger partial charge in [0.15, 0.2) is 5.83 Å². The lowest BCUT2D eigenvalue weighted by Crippen LogP contribution is -2.53. The summed E-state index contributed by atoms with van der Waals surface area (Å²) in [6, 6.07) is 1.75. The summed E-state index contributed by atoms with van der Waals surface area (Å²) in [7, 11) is 1.61. The first-order valence-corrected chi connectivity index (χ1v) is 5.33. The number of rotatable bonds is 3. The van der Waals surface area contributed by atoms with E-state index in [-0.39, 0.29) is 5.82 Å². The van der Waals surface area contributed by atoms with Crippen molar-refractivity contribution in [3.63, 3.8) is 0 Å². The third-order valence-corrected chi connectivity index (χ3v) is 2.59. The Morgan fingerprint density at radius 3 is 3.06 bits per heavy atom. The van der Waals surface area contributed by atoms with Gasteiger partial charge in [0.2, 0.25) is 5.79 Å². The Kier molecular flexibility index (Phi) is 2.84. The van der Waals surface area contributed by atoms with Gasteiger partial charge in [0.1, 0.15) is 11.5 Å². The molecule has 0 amide bonds. The van der Waals surface area contributed by atoms with Crippen molar-refractivity contribution in [1.29, 1.82) is 0 Å². The lowest BCUT2D eigenvalue weighted by Gasteiger charge is -2.31. The number of aliphatic imine (C=N–C) groups is 1. The van der Waals surface area contributed by atoms with Gasteiger partial charge in [0.25, 0.3) is 0 Å².